The van der Waals surface area contributed by atoms with E-state index in [1.807, 2.05) is 0 Å². The number of halogens is 2. The van der Waals surface area contributed by atoms with E-state index in [4.69, 9.17) is 22.3 Å². The van der Waals surface area contributed by atoms with Crippen LogP contribution in [0.25, 0.3) is 0 Å². The number of nitrogens with two attached hydrogens (primary N) is 2. The number of nitrogens with one attached hydrogen (secondary N) is 2. The topological polar surface area (TPSA) is 99.7 Å². The molecule has 0 fully saturated rings. The predicted octanol–water partition coefficient (Wildman–Crippen LogP) is 1.86. The molecular formula is C6H16Cl2N4S2. The van der Waals surface area contributed by atoms with Gasteiger partial charge in [-0.15, -0.1) is 24.8 Å². The van der Waals surface area contributed by atoms with Crippen molar-refractivity contribution in [3.63, 3.8) is 0 Å². The first-order valence-corrected chi connectivity index (χ1v) is 6.02. The molecule has 0 rings (SSSR count). The molecule has 4 nitrogen and oxygen atoms in total. The minimum absolute atomic E-state index is 0. The Morgan fingerprint density at radius 3 is 1.36 bits per heavy atom. The van der Waals surface area contributed by atoms with Crippen LogP contribution < -0.4 is 11.5 Å². The molecule has 0 aromatic rings. The van der Waals surface area contributed by atoms with E-state index < -0.39 is 0 Å². The van der Waals surface area contributed by atoms with Crippen LogP contribution in [0, 0.1) is 10.8 Å². The van der Waals surface area contributed by atoms with E-state index in [1.165, 1.54) is 0 Å². The molecule has 86 valence electrons. The maximum absolute atomic E-state index is 6.94. The summed E-state index contributed by atoms with van der Waals surface area (Å²) in [7, 11) is 3.33. The highest BCUT2D eigenvalue weighted by Crippen LogP contribution is 2.22. The van der Waals surface area contributed by atoms with Gasteiger partial charge in [0.15, 0.2) is 0 Å². The zero-order valence-electron chi connectivity index (χ0n) is 7.62. The Morgan fingerprint density at radius 2 is 1.14 bits per heavy atom. The van der Waals surface area contributed by atoms with Crippen molar-refractivity contribution in [2.24, 2.45) is 11.5 Å². The van der Waals surface area contributed by atoms with Crippen molar-refractivity contribution in [1.82, 2.24) is 0 Å². The lowest BCUT2D eigenvalue weighted by molar-refractivity contribution is 1.23. The molecule has 0 aromatic carbocycles. The standard InChI is InChI=1S/C6H14N4S2.2ClH/c7-5(8)1-3-11-12-4-2-6(9)10;;/h1-4H2,(H3,7,8)(H3,9,10);2*1H. The molecule has 0 aromatic heterocycles. The summed E-state index contributed by atoms with van der Waals surface area (Å²) in [5.74, 6) is 2.18. The summed E-state index contributed by atoms with van der Waals surface area (Å²) in [5, 5.41) is 13.9. The second-order valence-electron chi connectivity index (χ2n) is 2.19. The van der Waals surface area contributed by atoms with Gasteiger partial charge < -0.3 is 11.5 Å². The van der Waals surface area contributed by atoms with Crippen molar-refractivity contribution >= 4 is 58.1 Å². The molecule has 0 spiro atoms. The Morgan fingerprint density at radius 1 is 0.857 bits per heavy atom. The Labute approximate surface area is 105 Å². The Kier molecular flexibility index (Phi) is 18.6. The molecule has 0 radical (unpaired) electrons. The van der Waals surface area contributed by atoms with E-state index in [0.29, 0.717) is 12.8 Å². The lowest BCUT2D eigenvalue weighted by Crippen LogP contribution is -2.10. The van der Waals surface area contributed by atoms with Crippen LogP contribution in [0.2, 0.25) is 0 Å². The van der Waals surface area contributed by atoms with Crippen molar-refractivity contribution < 1.29 is 0 Å². The monoisotopic (exact) mass is 278 g/mol. The first kappa shape index (κ1) is 19.7. The molecule has 0 amide bonds. The number of amidine groups is 2. The van der Waals surface area contributed by atoms with Gasteiger partial charge in [-0.1, -0.05) is 21.6 Å². The van der Waals surface area contributed by atoms with E-state index in [-0.39, 0.29) is 36.5 Å². The average Bonchev–Trinajstić information content (AvgIpc) is 1.95. The van der Waals surface area contributed by atoms with Gasteiger partial charge in [-0.2, -0.15) is 0 Å². The third-order valence-electron chi connectivity index (χ3n) is 0.993. The highest BCUT2D eigenvalue weighted by molar-refractivity contribution is 8.76. The van der Waals surface area contributed by atoms with Gasteiger partial charge in [0, 0.05) is 24.3 Å². The fraction of sp³-hybridized carbons (Fsp3) is 0.667. The molecule has 8 heteroatoms. The molecule has 0 unspecified atom stereocenters. The van der Waals surface area contributed by atoms with Gasteiger partial charge in [-0.05, 0) is 0 Å². The van der Waals surface area contributed by atoms with Crippen LogP contribution in [0.3, 0.4) is 0 Å². The van der Waals surface area contributed by atoms with Gasteiger partial charge in [0.1, 0.15) is 0 Å². The first-order valence-electron chi connectivity index (χ1n) is 3.53. The van der Waals surface area contributed by atoms with Crippen molar-refractivity contribution in [3.05, 3.63) is 0 Å². The number of hydrogen-bond donors (Lipinski definition) is 4. The van der Waals surface area contributed by atoms with E-state index in [0.717, 1.165) is 11.5 Å². The summed E-state index contributed by atoms with van der Waals surface area (Å²) in [6.07, 6.45) is 1.27. The van der Waals surface area contributed by atoms with Crippen LogP contribution in [0.15, 0.2) is 0 Å². The second kappa shape index (κ2) is 13.2. The van der Waals surface area contributed by atoms with Crippen LogP contribution in [0.4, 0.5) is 0 Å². The summed E-state index contributed by atoms with van der Waals surface area (Å²) in [6.45, 7) is 0. The molecule has 6 N–H and O–H groups in total. The highest BCUT2D eigenvalue weighted by atomic mass is 35.5. The van der Waals surface area contributed by atoms with Crippen molar-refractivity contribution in [3.8, 4) is 0 Å². The molecule has 0 aliphatic heterocycles. The van der Waals surface area contributed by atoms with Crippen LogP contribution >= 0.6 is 46.4 Å². The van der Waals surface area contributed by atoms with E-state index >= 15 is 0 Å². The van der Waals surface area contributed by atoms with Gasteiger partial charge in [-0.25, -0.2) is 0 Å². The van der Waals surface area contributed by atoms with Crippen LogP contribution in [-0.2, 0) is 0 Å². The van der Waals surface area contributed by atoms with Crippen LogP contribution in [0.5, 0.6) is 0 Å². The quantitative estimate of drug-likeness (QED) is 0.247. The first-order chi connectivity index (χ1) is 5.63. The fourth-order valence-electron chi connectivity index (χ4n) is 0.421. The molecular weight excluding hydrogens is 263 g/mol. The fourth-order valence-corrected chi connectivity index (χ4v) is 2.47. The summed E-state index contributed by atoms with van der Waals surface area (Å²) in [5.41, 5.74) is 10.3. The zero-order valence-corrected chi connectivity index (χ0v) is 10.9. The maximum Gasteiger partial charge on any atom is 0.0913 e. The highest BCUT2D eigenvalue weighted by Gasteiger charge is 1.94. The molecule has 0 saturated carbocycles. The Balaban J connectivity index is -0.000000605. The third kappa shape index (κ3) is 18.1. The van der Waals surface area contributed by atoms with Crippen LogP contribution in [0.1, 0.15) is 12.8 Å². The van der Waals surface area contributed by atoms with Crippen LogP contribution in [-0.4, -0.2) is 23.2 Å². The largest absolute Gasteiger partial charge is 0.388 e. The second-order valence-corrected chi connectivity index (χ2v) is 4.90. The summed E-state index contributed by atoms with van der Waals surface area (Å²) < 4.78 is 0. The molecule has 0 atom stereocenters. The van der Waals surface area contributed by atoms with Crippen molar-refractivity contribution in [1.29, 1.82) is 10.8 Å². The zero-order chi connectivity index (χ0) is 9.40. The maximum atomic E-state index is 6.94. The molecule has 0 bridgehead atoms. The predicted molar refractivity (Wildman–Crippen MR) is 72.5 cm³/mol. The lowest BCUT2D eigenvalue weighted by atomic mass is 10.5. The van der Waals surface area contributed by atoms with Gasteiger partial charge in [0.05, 0.1) is 11.7 Å². The summed E-state index contributed by atoms with van der Waals surface area (Å²) >= 11 is 0. The molecule has 14 heavy (non-hydrogen) atoms. The molecule has 0 heterocycles. The minimum atomic E-state index is 0. The average molecular weight is 279 g/mol. The Hall–Kier alpha value is 0.220. The third-order valence-corrected chi connectivity index (χ3v) is 3.40. The van der Waals surface area contributed by atoms with E-state index in [1.54, 1.807) is 21.6 Å². The molecule has 0 saturated heterocycles. The Bertz CT molecular complexity index is 150. The molecule has 0 aliphatic carbocycles. The smallest absolute Gasteiger partial charge is 0.0913 e. The van der Waals surface area contributed by atoms with Gasteiger partial charge in [0.25, 0.3) is 0 Å². The minimum Gasteiger partial charge on any atom is -0.388 e. The molecule has 0 aliphatic rings. The normalized spacial score (nSPS) is 8.29. The van der Waals surface area contributed by atoms with Gasteiger partial charge in [-0.3, -0.25) is 10.8 Å². The SMILES string of the molecule is Cl.Cl.N=C(N)CCSSCCC(=N)N. The van der Waals surface area contributed by atoms with Crippen molar-refractivity contribution in [2.75, 3.05) is 11.5 Å². The number of rotatable bonds is 7. The van der Waals surface area contributed by atoms with Gasteiger partial charge in [0.2, 0.25) is 0 Å². The van der Waals surface area contributed by atoms with E-state index in [2.05, 4.69) is 0 Å². The number of hydrogen-bond acceptors (Lipinski definition) is 4. The lowest BCUT2D eigenvalue weighted by Gasteiger charge is -1.99. The van der Waals surface area contributed by atoms with Gasteiger partial charge >= 0.3 is 0 Å². The van der Waals surface area contributed by atoms with Crippen molar-refractivity contribution in [2.45, 2.75) is 12.8 Å². The van der Waals surface area contributed by atoms with E-state index in [9.17, 15) is 0 Å². The summed E-state index contributed by atoms with van der Waals surface area (Å²) in [6, 6.07) is 0. The summed E-state index contributed by atoms with van der Waals surface area (Å²) in [4.78, 5) is 0.